The maximum absolute atomic E-state index is 13.2. The van der Waals surface area contributed by atoms with Crippen LogP contribution in [0.3, 0.4) is 0 Å². The van der Waals surface area contributed by atoms with Crippen LogP contribution >= 0.6 is 24.0 Å². The minimum atomic E-state index is -1.58. The Bertz CT molecular complexity index is 1100. The first-order valence-electron chi connectivity index (χ1n) is 9.82. The fourth-order valence-corrected chi connectivity index (χ4v) is 6.48. The first kappa shape index (κ1) is 21.5. The van der Waals surface area contributed by atoms with Crippen LogP contribution in [0.25, 0.3) is 11.1 Å². The molecule has 3 atom stereocenters. The molecule has 6 nitrogen and oxygen atoms in total. The van der Waals surface area contributed by atoms with Crippen molar-refractivity contribution < 1.29 is 19.5 Å². The molecule has 0 radical (unpaired) electrons. The second-order valence-corrected chi connectivity index (χ2v) is 10.4. The molecule has 2 heterocycles. The summed E-state index contributed by atoms with van der Waals surface area (Å²) in [5.41, 5.74) is 0.967. The molecule has 31 heavy (non-hydrogen) atoms. The van der Waals surface area contributed by atoms with Crippen LogP contribution in [0.4, 0.5) is 0 Å². The summed E-state index contributed by atoms with van der Waals surface area (Å²) in [5.74, 6) is -2.01. The number of ketones is 1. The van der Waals surface area contributed by atoms with Crippen LogP contribution < -0.4 is 5.32 Å². The van der Waals surface area contributed by atoms with Crippen LogP contribution in [0.2, 0.25) is 0 Å². The molecule has 2 aliphatic heterocycles. The van der Waals surface area contributed by atoms with Crippen LogP contribution in [0.1, 0.15) is 26.3 Å². The molecule has 0 spiro atoms. The molecule has 0 bridgehead atoms. The lowest BCUT2D eigenvalue weighted by atomic mass is 9.81. The van der Waals surface area contributed by atoms with Gasteiger partial charge in [-0.2, -0.15) is 0 Å². The number of aliphatic carboxylic acids is 1. The average Bonchev–Trinajstić information content (AvgIpc) is 3.00. The molecule has 2 saturated heterocycles. The summed E-state index contributed by atoms with van der Waals surface area (Å²) in [6.07, 6.45) is 0. The highest BCUT2D eigenvalue weighted by Gasteiger charge is 2.74. The fourth-order valence-electron chi connectivity index (χ4n) is 4.38. The summed E-state index contributed by atoms with van der Waals surface area (Å²) in [5, 5.41) is 12.1. The highest BCUT2D eigenvalue weighted by molar-refractivity contribution is 8.01. The zero-order chi connectivity index (χ0) is 22.6. The topological polar surface area (TPSA) is 86.7 Å². The van der Waals surface area contributed by atoms with Crippen LogP contribution in [-0.2, 0) is 14.4 Å². The molecule has 160 valence electrons. The lowest BCUT2D eigenvalue weighted by Crippen LogP contribution is -2.82. The maximum atomic E-state index is 13.2. The van der Waals surface area contributed by atoms with Gasteiger partial charge in [0, 0.05) is 10.3 Å². The molecule has 2 aromatic carbocycles. The van der Waals surface area contributed by atoms with Gasteiger partial charge < -0.3 is 15.3 Å². The van der Waals surface area contributed by atoms with E-state index in [-0.39, 0.29) is 10.8 Å². The highest BCUT2D eigenvalue weighted by atomic mass is 32.2. The second-order valence-electron chi connectivity index (χ2n) is 8.26. The smallest absolute Gasteiger partial charge is 0.327 e. The van der Waals surface area contributed by atoms with Crippen molar-refractivity contribution in [1.82, 2.24) is 10.2 Å². The molecule has 1 amide bonds. The lowest BCUT2D eigenvalue weighted by Gasteiger charge is -2.52. The summed E-state index contributed by atoms with van der Waals surface area (Å²) >= 11 is 6.98. The number of nitrogens with zero attached hydrogens (tertiary/aromatic N) is 1. The zero-order valence-corrected chi connectivity index (χ0v) is 18.9. The summed E-state index contributed by atoms with van der Waals surface area (Å²) in [6.45, 7) is 4.89. The molecule has 2 fully saturated rings. The SMILES string of the molecule is CC(=O)[C@]1(NC(=S)c2ccccc2-c2ccccc2)C(=O)N2[C@@H](C(=O)O)C(C)(C)S[C@@H]21. The normalized spacial score (nSPS) is 26.0. The van der Waals surface area contributed by atoms with Crippen molar-refractivity contribution in [2.75, 3.05) is 0 Å². The van der Waals surface area contributed by atoms with E-state index < -0.39 is 33.6 Å². The Morgan fingerprint density at radius 2 is 1.71 bits per heavy atom. The summed E-state index contributed by atoms with van der Waals surface area (Å²) < 4.78 is -0.741. The fraction of sp³-hybridized carbons (Fsp3) is 0.304. The van der Waals surface area contributed by atoms with Crippen molar-refractivity contribution in [1.29, 1.82) is 0 Å². The Balaban J connectivity index is 1.71. The molecule has 0 aromatic heterocycles. The standard InChI is InChI=1S/C23H22N2O4S2/c1-13(26)23(20(29)25-17(19(27)28)22(2,3)31-21(23)25)24-18(30)16-12-8-7-11-15(16)14-9-5-4-6-10-14/h4-12,17,21H,1-3H3,(H,24,30)(H,27,28)/t17-,21+,23-/m0/s1. The Kier molecular flexibility index (Phi) is 5.18. The number of hydrogen-bond donors (Lipinski definition) is 2. The van der Waals surface area contributed by atoms with Gasteiger partial charge in [-0.3, -0.25) is 9.59 Å². The van der Waals surface area contributed by atoms with E-state index in [0.717, 1.165) is 11.1 Å². The molecule has 4 rings (SSSR count). The van der Waals surface area contributed by atoms with E-state index in [4.69, 9.17) is 12.2 Å². The van der Waals surface area contributed by atoms with Crippen molar-refractivity contribution in [3.63, 3.8) is 0 Å². The summed E-state index contributed by atoms with van der Waals surface area (Å²) in [6, 6.07) is 16.2. The third-order valence-corrected chi connectivity index (χ3v) is 7.86. The Morgan fingerprint density at radius 3 is 2.32 bits per heavy atom. The minimum Gasteiger partial charge on any atom is -0.480 e. The molecular formula is C23H22N2O4S2. The van der Waals surface area contributed by atoms with Gasteiger partial charge in [0.25, 0.3) is 5.91 Å². The number of thiocarbonyl (C=S) groups is 1. The van der Waals surface area contributed by atoms with Crippen LogP contribution in [0.5, 0.6) is 0 Å². The van der Waals surface area contributed by atoms with Gasteiger partial charge >= 0.3 is 5.97 Å². The van der Waals surface area contributed by atoms with Crippen molar-refractivity contribution in [2.45, 2.75) is 42.5 Å². The van der Waals surface area contributed by atoms with Gasteiger partial charge in [-0.15, -0.1) is 11.8 Å². The van der Waals surface area contributed by atoms with Gasteiger partial charge in [0.15, 0.2) is 5.78 Å². The number of carbonyl (C=O) groups excluding carboxylic acids is 2. The number of thioether (sulfide) groups is 1. The number of carboxylic acid groups (broad SMARTS) is 1. The number of amides is 1. The van der Waals surface area contributed by atoms with E-state index >= 15 is 0 Å². The van der Waals surface area contributed by atoms with Gasteiger partial charge in [0.05, 0.1) is 0 Å². The van der Waals surface area contributed by atoms with Gasteiger partial charge in [-0.25, -0.2) is 4.79 Å². The number of fused-ring (bicyclic) bond motifs is 1. The van der Waals surface area contributed by atoms with Gasteiger partial charge in [-0.1, -0.05) is 66.8 Å². The quantitative estimate of drug-likeness (QED) is 0.408. The van der Waals surface area contributed by atoms with Crippen molar-refractivity contribution >= 4 is 46.6 Å². The molecule has 0 aliphatic carbocycles. The van der Waals surface area contributed by atoms with Gasteiger partial charge in [-0.05, 0) is 31.9 Å². The average molecular weight is 455 g/mol. The molecule has 0 unspecified atom stereocenters. The predicted octanol–water partition coefficient (Wildman–Crippen LogP) is 3.09. The van der Waals surface area contributed by atoms with E-state index in [0.29, 0.717) is 5.56 Å². The molecular weight excluding hydrogens is 432 g/mol. The van der Waals surface area contributed by atoms with Crippen LogP contribution in [-0.4, -0.2) is 54.4 Å². The van der Waals surface area contributed by atoms with Crippen molar-refractivity contribution in [3.05, 3.63) is 60.2 Å². The largest absolute Gasteiger partial charge is 0.480 e. The third kappa shape index (κ3) is 3.16. The van der Waals surface area contributed by atoms with Crippen molar-refractivity contribution in [2.24, 2.45) is 0 Å². The number of carboxylic acids is 1. The molecule has 0 saturated carbocycles. The third-order valence-electron chi connectivity index (χ3n) is 5.90. The highest BCUT2D eigenvalue weighted by Crippen LogP contribution is 2.55. The van der Waals surface area contributed by atoms with Crippen LogP contribution in [0, 0.1) is 0 Å². The Morgan fingerprint density at radius 1 is 1.10 bits per heavy atom. The lowest BCUT2D eigenvalue weighted by molar-refractivity contribution is -0.169. The minimum absolute atomic E-state index is 0.278. The number of β-lactam (4-membered cyclic amide) rings is 1. The maximum Gasteiger partial charge on any atom is 0.327 e. The monoisotopic (exact) mass is 454 g/mol. The van der Waals surface area contributed by atoms with Gasteiger partial charge in [0.1, 0.15) is 16.4 Å². The van der Waals surface area contributed by atoms with E-state index in [1.54, 1.807) is 13.8 Å². The van der Waals surface area contributed by atoms with E-state index in [1.165, 1.54) is 23.6 Å². The number of benzene rings is 2. The van der Waals surface area contributed by atoms with Crippen LogP contribution in [0.15, 0.2) is 54.6 Å². The zero-order valence-electron chi connectivity index (χ0n) is 17.3. The Labute approximate surface area is 190 Å². The van der Waals surface area contributed by atoms with E-state index in [9.17, 15) is 19.5 Å². The number of nitrogens with one attached hydrogen (secondary N) is 1. The van der Waals surface area contributed by atoms with Crippen molar-refractivity contribution in [3.8, 4) is 11.1 Å². The molecule has 2 aromatic rings. The number of hydrogen-bond acceptors (Lipinski definition) is 5. The number of Topliss-reactive ketones (excluding diaryl/α,β-unsaturated/α-hetero) is 1. The van der Waals surface area contributed by atoms with E-state index in [1.807, 2.05) is 54.6 Å². The number of rotatable bonds is 5. The molecule has 2 aliphatic rings. The predicted molar refractivity (Wildman–Crippen MR) is 124 cm³/mol. The first-order chi connectivity index (χ1) is 14.6. The first-order valence-corrected chi connectivity index (χ1v) is 11.1. The number of carbonyl (C=O) groups is 3. The molecule has 2 N–H and O–H groups in total. The van der Waals surface area contributed by atoms with E-state index in [2.05, 4.69) is 5.32 Å². The second kappa shape index (κ2) is 7.46. The summed E-state index contributed by atoms with van der Waals surface area (Å²) in [7, 11) is 0. The van der Waals surface area contributed by atoms with Gasteiger partial charge in [0.2, 0.25) is 5.54 Å². The Hall–Kier alpha value is -2.71. The molecule has 8 heteroatoms. The summed E-state index contributed by atoms with van der Waals surface area (Å²) in [4.78, 5) is 39.4.